The molecular formula is C27H36N2O4S. The van der Waals surface area contributed by atoms with Crippen LogP contribution in [0.4, 0.5) is 0 Å². The van der Waals surface area contributed by atoms with E-state index in [1.165, 1.54) is 11.3 Å². The lowest BCUT2D eigenvalue weighted by Crippen LogP contribution is -2.34. The Labute approximate surface area is 206 Å². The van der Waals surface area contributed by atoms with Gasteiger partial charge in [0.1, 0.15) is 5.75 Å². The average molecular weight is 485 g/mol. The number of ether oxygens (including phenoxy) is 1. The number of aliphatic hydroxyl groups is 1. The highest BCUT2D eigenvalue weighted by molar-refractivity contribution is 7.12. The number of Topliss-reactive ketones (excluding diaryl/α,β-unsaturated/α-hetero) is 1. The molecule has 1 N–H and O–H groups in total. The van der Waals surface area contributed by atoms with Crippen molar-refractivity contribution in [2.45, 2.75) is 46.6 Å². The van der Waals surface area contributed by atoms with E-state index in [1.807, 2.05) is 29.6 Å². The van der Waals surface area contributed by atoms with Gasteiger partial charge in [0.2, 0.25) is 5.78 Å². The van der Waals surface area contributed by atoms with E-state index in [1.54, 1.807) is 17.0 Å². The first-order valence-corrected chi connectivity index (χ1v) is 13.0. The molecule has 1 aliphatic rings. The lowest BCUT2D eigenvalue weighted by Gasteiger charge is -2.28. The molecule has 1 aromatic heterocycles. The summed E-state index contributed by atoms with van der Waals surface area (Å²) in [6.07, 6.45) is 1.69. The van der Waals surface area contributed by atoms with Crippen molar-refractivity contribution in [2.24, 2.45) is 5.92 Å². The van der Waals surface area contributed by atoms with Crippen LogP contribution in [0.15, 0.2) is 53.1 Å². The van der Waals surface area contributed by atoms with Crippen LogP contribution < -0.4 is 4.74 Å². The first-order valence-electron chi connectivity index (χ1n) is 12.1. The number of carbonyl (C=O) groups excluding carboxylic acids is 2. The fraction of sp³-hybridized carbons (Fsp3) is 0.481. The molecule has 0 bridgehead atoms. The molecule has 0 aliphatic carbocycles. The van der Waals surface area contributed by atoms with Crippen LogP contribution in [0, 0.1) is 5.92 Å². The van der Waals surface area contributed by atoms with E-state index in [0.717, 1.165) is 38.0 Å². The smallest absolute Gasteiger partial charge is 0.290 e. The van der Waals surface area contributed by atoms with Gasteiger partial charge in [-0.15, -0.1) is 11.3 Å². The topological polar surface area (TPSA) is 70.1 Å². The monoisotopic (exact) mass is 484 g/mol. The molecule has 1 unspecified atom stereocenters. The Morgan fingerprint density at radius 1 is 1.21 bits per heavy atom. The molecule has 3 rings (SSSR count). The van der Waals surface area contributed by atoms with E-state index in [9.17, 15) is 14.7 Å². The van der Waals surface area contributed by atoms with E-state index >= 15 is 0 Å². The molecule has 0 radical (unpaired) electrons. The number of amides is 1. The van der Waals surface area contributed by atoms with Crippen molar-refractivity contribution >= 4 is 23.0 Å². The lowest BCUT2D eigenvalue weighted by molar-refractivity contribution is -0.129. The molecule has 0 saturated carbocycles. The van der Waals surface area contributed by atoms with Crippen LogP contribution in [0.1, 0.15) is 61.8 Å². The minimum Gasteiger partial charge on any atom is -0.503 e. The lowest BCUT2D eigenvalue weighted by atomic mass is 9.95. The van der Waals surface area contributed by atoms with Crippen molar-refractivity contribution in [1.82, 2.24) is 9.80 Å². The summed E-state index contributed by atoms with van der Waals surface area (Å²) in [5.74, 6) is -0.00832. The van der Waals surface area contributed by atoms with Gasteiger partial charge in [0.05, 0.1) is 23.1 Å². The van der Waals surface area contributed by atoms with E-state index in [4.69, 9.17) is 4.74 Å². The van der Waals surface area contributed by atoms with Crippen LogP contribution in [-0.2, 0) is 4.79 Å². The summed E-state index contributed by atoms with van der Waals surface area (Å²) in [7, 11) is 0. The molecule has 1 atom stereocenters. The third-order valence-corrected chi connectivity index (χ3v) is 7.07. The predicted octanol–water partition coefficient (Wildman–Crippen LogP) is 5.48. The Kier molecular flexibility index (Phi) is 9.30. The van der Waals surface area contributed by atoms with E-state index in [0.29, 0.717) is 29.7 Å². The SMILES string of the molecule is CCN(CC)CCCN1C(=O)C(O)=C(C(=O)c2cccs2)C1c1cccc(OCCC(C)C)c1. The van der Waals surface area contributed by atoms with Gasteiger partial charge >= 0.3 is 0 Å². The van der Waals surface area contributed by atoms with Gasteiger partial charge < -0.3 is 19.6 Å². The fourth-order valence-electron chi connectivity index (χ4n) is 4.19. The van der Waals surface area contributed by atoms with Crippen LogP contribution >= 0.6 is 11.3 Å². The highest BCUT2D eigenvalue weighted by Crippen LogP contribution is 2.40. The number of ketones is 1. The molecule has 0 saturated heterocycles. The maximum absolute atomic E-state index is 13.4. The highest BCUT2D eigenvalue weighted by atomic mass is 32.1. The van der Waals surface area contributed by atoms with Crippen LogP contribution in [0.5, 0.6) is 5.75 Å². The Morgan fingerprint density at radius 3 is 2.62 bits per heavy atom. The molecule has 2 aromatic rings. The molecule has 6 nitrogen and oxygen atoms in total. The molecule has 1 amide bonds. The van der Waals surface area contributed by atoms with Crippen molar-refractivity contribution < 1.29 is 19.4 Å². The molecule has 0 fully saturated rings. The first kappa shape index (κ1) is 26.0. The van der Waals surface area contributed by atoms with Gasteiger partial charge in [-0.1, -0.05) is 45.9 Å². The quantitative estimate of drug-likeness (QED) is 0.381. The average Bonchev–Trinajstić information content (AvgIpc) is 3.44. The second-order valence-corrected chi connectivity index (χ2v) is 9.90. The first-order chi connectivity index (χ1) is 16.4. The molecule has 34 heavy (non-hydrogen) atoms. The Hall–Kier alpha value is -2.64. The number of carbonyl (C=O) groups is 2. The Morgan fingerprint density at radius 2 is 1.97 bits per heavy atom. The molecule has 184 valence electrons. The molecule has 2 heterocycles. The van der Waals surface area contributed by atoms with E-state index in [2.05, 4.69) is 32.6 Å². The van der Waals surface area contributed by atoms with Crippen LogP contribution in [0.3, 0.4) is 0 Å². The number of nitrogens with zero attached hydrogens (tertiary/aromatic N) is 2. The van der Waals surface area contributed by atoms with Gasteiger partial charge in [-0.25, -0.2) is 0 Å². The third kappa shape index (κ3) is 6.07. The van der Waals surface area contributed by atoms with Crippen molar-refractivity contribution in [3.8, 4) is 5.75 Å². The summed E-state index contributed by atoms with van der Waals surface area (Å²) >= 11 is 1.31. The summed E-state index contributed by atoms with van der Waals surface area (Å²) in [6, 6.07) is 10.4. The minimum absolute atomic E-state index is 0.148. The second kappa shape index (κ2) is 12.2. The van der Waals surface area contributed by atoms with Crippen LogP contribution in [0.25, 0.3) is 0 Å². The Bertz CT molecular complexity index is 996. The minimum atomic E-state index is -0.646. The van der Waals surface area contributed by atoms with Crippen LogP contribution in [-0.4, -0.2) is 59.4 Å². The van der Waals surface area contributed by atoms with Crippen LogP contribution in [0.2, 0.25) is 0 Å². The molecule has 0 spiro atoms. The van der Waals surface area contributed by atoms with Gasteiger partial charge in [-0.2, -0.15) is 0 Å². The fourth-order valence-corrected chi connectivity index (χ4v) is 4.87. The predicted molar refractivity (Wildman–Crippen MR) is 137 cm³/mol. The Balaban J connectivity index is 1.91. The molecule has 1 aromatic carbocycles. The zero-order chi connectivity index (χ0) is 24.7. The van der Waals surface area contributed by atoms with Crippen molar-refractivity contribution in [1.29, 1.82) is 0 Å². The highest BCUT2D eigenvalue weighted by Gasteiger charge is 2.43. The summed E-state index contributed by atoms with van der Waals surface area (Å²) in [4.78, 5) is 31.0. The third-order valence-electron chi connectivity index (χ3n) is 6.20. The van der Waals surface area contributed by atoms with Gasteiger partial charge in [0.25, 0.3) is 5.91 Å². The van der Waals surface area contributed by atoms with Gasteiger partial charge in [0.15, 0.2) is 5.76 Å². The largest absolute Gasteiger partial charge is 0.503 e. The van der Waals surface area contributed by atoms with E-state index < -0.39 is 17.7 Å². The zero-order valence-electron chi connectivity index (χ0n) is 20.6. The van der Waals surface area contributed by atoms with Gasteiger partial charge in [0, 0.05) is 6.54 Å². The normalized spacial score (nSPS) is 16.2. The summed E-state index contributed by atoms with van der Waals surface area (Å²) < 4.78 is 5.94. The summed E-state index contributed by atoms with van der Waals surface area (Å²) in [6.45, 7) is 12.3. The molecule has 1 aliphatic heterocycles. The number of thiophene rings is 1. The number of hydrogen-bond donors (Lipinski definition) is 1. The maximum atomic E-state index is 13.4. The zero-order valence-corrected chi connectivity index (χ0v) is 21.4. The molecule has 7 heteroatoms. The number of aliphatic hydroxyl groups excluding tert-OH is 1. The number of rotatable bonds is 13. The second-order valence-electron chi connectivity index (χ2n) is 8.95. The van der Waals surface area contributed by atoms with Crippen molar-refractivity contribution in [3.05, 3.63) is 63.6 Å². The standard InChI is InChI=1S/C27H36N2O4S/c1-5-28(6-2)14-9-15-29-24(20-10-7-11-21(18-20)33-16-13-19(3)4)23(26(31)27(29)32)25(30)22-12-8-17-34-22/h7-8,10-12,17-19,24,31H,5-6,9,13-16H2,1-4H3. The summed E-state index contributed by atoms with van der Waals surface area (Å²) in [5.41, 5.74) is 0.914. The number of benzene rings is 1. The molecular weight excluding hydrogens is 448 g/mol. The maximum Gasteiger partial charge on any atom is 0.290 e. The van der Waals surface area contributed by atoms with Crippen molar-refractivity contribution in [3.63, 3.8) is 0 Å². The van der Waals surface area contributed by atoms with Gasteiger partial charge in [-0.3, -0.25) is 9.59 Å². The summed E-state index contributed by atoms with van der Waals surface area (Å²) in [5, 5.41) is 12.7. The van der Waals surface area contributed by atoms with E-state index in [-0.39, 0.29) is 11.4 Å². The van der Waals surface area contributed by atoms with Crippen molar-refractivity contribution in [2.75, 3.05) is 32.8 Å². The number of hydrogen-bond acceptors (Lipinski definition) is 6. The van der Waals surface area contributed by atoms with Gasteiger partial charge in [-0.05, 0) is 67.5 Å².